The molecule has 0 saturated carbocycles. The number of methoxy groups -OCH3 is 1. The molecule has 1 aromatic rings. The molecule has 0 bridgehead atoms. The molecule has 160 valence electrons. The zero-order valence-corrected chi connectivity index (χ0v) is 16.2. The van der Waals surface area contributed by atoms with Gasteiger partial charge >= 0.3 is 0 Å². The fourth-order valence-corrected chi connectivity index (χ4v) is 4.52. The van der Waals surface area contributed by atoms with Gasteiger partial charge in [0.1, 0.15) is 37.2 Å². The Morgan fingerprint density at radius 2 is 1.93 bits per heavy atom. The number of aliphatic hydroxyl groups is 3. The zero-order valence-electron chi connectivity index (χ0n) is 15.4. The molecular weight excluding hydrogens is 408 g/mol. The van der Waals surface area contributed by atoms with Crippen LogP contribution in [0.15, 0.2) is 29.2 Å². The Kier molecular flexibility index (Phi) is 7.94. The molecule has 0 radical (unpaired) electrons. The lowest BCUT2D eigenvalue weighted by atomic mass is 9.95. The number of nitrogens with zero attached hydrogens (tertiary/aromatic N) is 1. The van der Waals surface area contributed by atoms with E-state index in [1.54, 1.807) is 0 Å². The van der Waals surface area contributed by atoms with Crippen LogP contribution in [0.25, 0.3) is 0 Å². The Bertz CT molecular complexity index is 863. The van der Waals surface area contributed by atoms with Gasteiger partial charge in [-0.3, -0.25) is 10.0 Å². The van der Waals surface area contributed by atoms with Gasteiger partial charge in [0.15, 0.2) is 0 Å². The van der Waals surface area contributed by atoms with E-state index in [9.17, 15) is 23.4 Å². The van der Waals surface area contributed by atoms with Crippen molar-refractivity contribution in [3.63, 3.8) is 0 Å². The number of benzene rings is 1. The second kappa shape index (κ2) is 9.99. The number of ether oxygens (including phenoxy) is 2. The van der Waals surface area contributed by atoms with Crippen molar-refractivity contribution in [2.45, 2.75) is 29.2 Å². The number of piperidine rings is 1. The van der Waals surface area contributed by atoms with Crippen LogP contribution in [0.3, 0.4) is 0 Å². The fourth-order valence-electron chi connectivity index (χ4n) is 2.91. The third-order valence-corrected chi connectivity index (χ3v) is 6.18. The molecule has 1 aliphatic rings. The number of hydrogen-bond acceptors (Lipinski definition) is 9. The molecule has 0 spiro atoms. The number of hydrogen-bond donors (Lipinski definition) is 5. The second-order valence-electron chi connectivity index (χ2n) is 6.03. The van der Waals surface area contributed by atoms with Crippen molar-refractivity contribution in [3.8, 4) is 17.6 Å². The van der Waals surface area contributed by atoms with Crippen molar-refractivity contribution < 1.29 is 43.2 Å². The minimum absolute atomic E-state index is 0.00285. The van der Waals surface area contributed by atoms with E-state index in [1.165, 1.54) is 29.7 Å². The van der Waals surface area contributed by atoms with Crippen LogP contribution >= 0.6 is 0 Å². The van der Waals surface area contributed by atoms with Crippen molar-refractivity contribution in [1.29, 1.82) is 0 Å². The van der Waals surface area contributed by atoms with Gasteiger partial charge < -0.3 is 24.8 Å². The molecule has 0 unspecified atom stereocenters. The lowest BCUT2D eigenvalue weighted by molar-refractivity contribution is -0.159. The molecule has 1 aromatic carbocycles. The molecular formula is C17H22N2O9S. The van der Waals surface area contributed by atoms with Gasteiger partial charge in [0.25, 0.3) is 5.91 Å². The lowest BCUT2D eigenvalue weighted by Gasteiger charge is -2.42. The van der Waals surface area contributed by atoms with Crippen LogP contribution in [-0.4, -0.2) is 90.4 Å². The summed E-state index contributed by atoms with van der Waals surface area (Å²) in [6.07, 6.45) is -4.46. The summed E-state index contributed by atoms with van der Waals surface area (Å²) in [5.41, 5.74) is 1.36. The molecule has 0 aliphatic carbocycles. The number of sulfonamides is 1. The number of rotatable bonds is 6. The highest BCUT2D eigenvalue weighted by atomic mass is 32.2. The number of amides is 1. The van der Waals surface area contributed by atoms with Crippen molar-refractivity contribution in [1.82, 2.24) is 9.79 Å². The first-order chi connectivity index (χ1) is 13.8. The predicted molar refractivity (Wildman–Crippen MR) is 97.2 cm³/mol. The highest BCUT2D eigenvalue weighted by Crippen LogP contribution is 2.29. The Morgan fingerprint density at radius 3 is 2.48 bits per heavy atom. The van der Waals surface area contributed by atoms with Crippen molar-refractivity contribution >= 4 is 15.9 Å². The Morgan fingerprint density at radius 1 is 1.28 bits per heavy atom. The van der Waals surface area contributed by atoms with Crippen molar-refractivity contribution in [2.24, 2.45) is 0 Å². The molecule has 2 rings (SSSR count). The number of carbonyl (C=O) groups is 1. The largest absolute Gasteiger partial charge is 0.481 e. The Hall–Kier alpha value is -2.24. The number of carbonyl (C=O) groups excluding carboxylic acids is 1. The molecule has 5 N–H and O–H groups in total. The van der Waals surface area contributed by atoms with Gasteiger partial charge in [0.05, 0.1) is 11.0 Å². The van der Waals surface area contributed by atoms with E-state index in [4.69, 9.17) is 19.8 Å². The van der Waals surface area contributed by atoms with Gasteiger partial charge in [-0.05, 0) is 24.3 Å². The van der Waals surface area contributed by atoms with Crippen LogP contribution in [0.5, 0.6) is 5.75 Å². The summed E-state index contributed by atoms with van der Waals surface area (Å²) in [5.74, 6) is 4.15. The number of hydroxylamine groups is 1. The molecule has 1 saturated heterocycles. The Labute approximate surface area is 167 Å². The SMILES string of the molecule is CO[C@@H]1[C@@H](O)[C@@H](O)CN(S(=O)(=O)c2ccc(OCC#CCO)cc2)[C@H]1C(=O)NO. The minimum atomic E-state index is -4.32. The second-order valence-corrected chi connectivity index (χ2v) is 7.92. The summed E-state index contributed by atoms with van der Waals surface area (Å²) in [6.45, 7) is -0.893. The van der Waals surface area contributed by atoms with Gasteiger partial charge in [0, 0.05) is 13.7 Å². The van der Waals surface area contributed by atoms with Crippen LogP contribution in [0, 0.1) is 11.8 Å². The average molecular weight is 430 g/mol. The van der Waals surface area contributed by atoms with E-state index in [0.717, 1.165) is 7.11 Å². The minimum Gasteiger partial charge on any atom is -0.481 e. The summed E-state index contributed by atoms with van der Waals surface area (Å²) in [6, 6.07) is 3.60. The summed E-state index contributed by atoms with van der Waals surface area (Å²) < 4.78 is 37.1. The first-order valence-electron chi connectivity index (χ1n) is 8.42. The third kappa shape index (κ3) is 5.03. The molecule has 29 heavy (non-hydrogen) atoms. The average Bonchev–Trinajstić information content (AvgIpc) is 2.72. The molecule has 12 heteroatoms. The lowest BCUT2D eigenvalue weighted by Crippen LogP contribution is -2.67. The predicted octanol–water partition coefficient (Wildman–Crippen LogP) is -2.32. The van der Waals surface area contributed by atoms with Crippen LogP contribution in [-0.2, 0) is 19.6 Å². The van der Waals surface area contributed by atoms with Gasteiger partial charge in [-0.1, -0.05) is 11.8 Å². The molecule has 1 amide bonds. The van der Waals surface area contributed by atoms with Crippen molar-refractivity contribution in [2.75, 3.05) is 26.9 Å². The van der Waals surface area contributed by atoms with Gasteiger partial charge in [-0.25, -0.2) is 13.9 Å². The highest BCUT2D eigenvalue weighted by molar-refractivity contribution is 7.89. The zero-order chi connectivity index (χ0) is 21.6. The first-order valence-corrected chi connectivity index (χ1v) is 9.86. The van der Waals surface area contributed by atoms with Gasteiger partial charge in [-0.2, -0.15) is 4.31 Å². The normalized spacial score (nSPS) is 25.0. The third-order valence-electron chi connectivity index (χ3n) is 4.32. The van der Waals surface area contributed by atoms with Crippen LogP contribution in [0.2, 0.25) is 0 Å². The highest BCUT2D eigenvalue weighted by Gasteiger charge is 2.51. The molecule has 11 nitrogen and oxygen atoms in total. The topological polar surface area (TPSA) is 166 Å². The maximum Gasteiger partial charge on any atom is 0.264 e. The summed E-state index contributed by atoms with van der Waals surface area (Å²) in [5, 5.41) is 37.7. The van der Waals surface area contributed by atoms with Gasteiger partial charge in [-0.15, -0.1) is 0 Å². The van der Waals surface area contributed by atoms with Crippen LogP contribution < -0.4 is 10.2 Å². The summed E-state index contributed by atoms with van der Waals surface area (Å²) in [4.78, 5) is 11.9. The molecule has 1 fully saturated rings. The number of aliphatic hydroxyl groups excluding tert-OH is 3. The first kappa shape index (κ1) is 23.0. The van der Waals surface area contributed by atoms with E-state index in [-0.39, 0.29) is 18.1 Å². The molecule has 1 aliphatic heterocycles. The van der Waals surface area contributed by atoms with Crippen LogP contribution in [0.1, 0.15) is 0 Å². The van der Waals surface area contributed by atoms with E-state index in [2.05, 4.69) is 11.8 Å². The van der Waals surface area contributed by atoms with E-state index >= 15 is 0 Å². The fraction of sp³-hybridized carbons (Fsp3) is 0.471. The quantitative estimate of drug-likeness (QED) is 0.189. The smallest absolute Gasteiger partial charge is 0.264 e. The van der Waals surface area contributed by atoms with Gasteiger partial charge in [0.2, 0.25) is 10.0 Å². The molecule has 0 aromatic heterocycles. The van der Waals surface area contributed by atoms with Crippen molar-refractivity contribution in [3.05, 3.63) is 24.3 Å². The standard InChI is InChI=1S/C17H22N2O9S/c1-27-16-14(17(23)18-24)19(10-13(21)15(16)22)29(25,26)12-6-4-11(5-7-12)28-9-3-2-8-20/h4-7,13-16,20-22,24H,8-10H2,1H3,(H,18,23)/t13-,14+,15-,16-/m0/s1. The van der Waals surface area contributed by atoms with E-state index in [0.29, 0.717) is 10.1 Å². The van der Waals surface area contributed by atoms with E-state index < -0.39 is 46.8 Å². The molecule has 1 heterocycles. The number of nitrogens with one attached hydrogen (secondary N) is 1. The van der Waals surface area contributed by atoms with Crippen LogP contribution in [0.4, 0.5) is 0 Å². The Balaban J connectivity index is 2.32. The maximum absolute atomic E-state index is 13.1. The summed E-state index contributed by atoms with van der Waals surface area (Å²) in [7, 11) is -3.18. The summed E-state index contributed by atoms with van der Waals surface area (Å²) >= 11 is 0. The maximum atomic E-state index is 13.1. The molecule has 4 atom stereocenters. The van der Waals surface area contributed by atoms with E-state index in [1.807, 2.05) is 0 Å². The number of β-amino-alcohol motifs (C(OH)–C–C–N with tert-alkyl or cyclic N) is 1. The monoisotopic (exact) mass is 430 g/mol.